The van der Waals surface area contributed by atoms with Gasteiger partial charge in [0.1, 0.15) is 30.5 Å². The maximum Gasteiger partial charge on any atom is 0.338 e. The van der Waals surface area contributed by atoms with E-state index in [1.807, 2.05) is 80.6 Å². The molecule has 7 heteroatoms. The van der Waals surface area contributed by atoms with Gasteiger partial charge in [0, 0.05) is 0 Å². The molecule has 1 saturated carbocycles. The molecular formula is C30H32O7. The van der Waals surface area contributed by atoms with Crippen LogP contribution in [0.5, 0.6) is 0 Å². The van der Waals surface area contributed by atoms with Gasteiger partial charge in [-0.2, -0.15) is 0 Å². The van der Waals surface area contributed by atoms with E-state index in [1.54, 1.807) is 24.3 Å². The molecule has 0 aromatic heterocycles. The number of aliphatic hydroxyl groups is 1. The topological polar surface area (TPSA) is 83.5 Å². The molecule has 0 amide bonds. The van der Waals surface area contributed by atoms with Gasteiger partial charge < -0.3 is 28.8 Å². The van der Waals surface area contributed by atoms with Gasteiger partial charge in [-0.3, -0.25) is 0 Å². The molecule has 37 heavy (non-hydrogen) atoms. The van der Waals surface area contributed by atoms with Crippen LogP contribution >= 0.6 is 0 Å². The van der Waals surface area contributed by atoms with E-state index in [4.69, 9.17) is 23.7 Å². The fourth-order valence-corrected chi connectivity index (χ4v) is 4.91. The van der Waals surface area contributed by atoms with Crippen molar-refractivity contribution in [2.75, 3.05) is 0 Å². The minimum absolute atomic E-state index is 0.250. The van der Waals surface area contributed by atoms with Crippen LogP contribution in [0.3, 0.4) is 0 Å². The molecule has 2 fully saturated rings. The lowest BCUT2D eigenvalue weighted by Crippen LogP contribution is -2.65. The number of hydrogen-bond donors (Lipinski definition) is 1. The summed E-state index contributed by atoms with van der Waals surface area (Å²) in [5.74, 6) is -1.49. The Morgan fingerprint density at radius 3 is 1.73 bits per heavy atom. The van der Waals surface area contributed by atoms with Crippen LogP contribution in [0.2, 0.25) is 0 Å². The Morgan fingerprint density at radius 2 is 1.19 bits per heavy atom. The smallest absolute Gasteiger partial charge is 0.338 e. The van der Waals surface area contributed by atoms with Crippen LogP contribution < -0.4 is 0 Å². The summed E-state index contributed by atoms with van der Waals surface area (Å²) in [6, 6.07) is 28.0. The molecule has 0 unspecified atom stereocenters. The fraction of sp³-hybridized carbons (Fsp3) is 0.367. The molecular weight excluding hydrogens is 472 g/mol. The Morgan fingerprint density at radius 1 is 0.730 bits per heavy atom. The zero-order valence-electron chi connectivity index (χ0n) is 20.9. The molecule has 2 aliphatic rings. The number of ether oxygens (including phenoxy) is 5. The van der Waals surface area contributed by atoms with Crippen LogP contribution in [0.15, 0.2) is 91.0 Å². The monoisotopic (exact) mass is 504 g/mol. The van der Waals surface area contributed by atoms with Gasteiger partial charge in [0.2, 0.25) is 0 Å². The summed E-state index contributed by atoms with van der Waals surface area (Å²) >= 11 is 0. The van der Waals surface area contributed by atoms with Crippen molar-refractivity contribution in [1.29, 1.82) is 0 Å². The standard InChI is InChI=1S/C30H32O7/c1-30(2)36-27-24(33-18-20-12-6-3-7-13-20)23(31)25(35-29(32)22-16-10-5-11-17-22)26(28(27)37-30)34-19-21-14-8-4-9-15-21/h3-17,23-28,31H,18-19H2,1-2H3/t23-,24-,25+,26-,27+,28+/m0/s1. The first-order valence-electron chi connectivity index (χ1n) is 12.5. The highest BCUT2D eigenvalue weighted by atomic mass is 16.8. The van der Waals surface area contributed by atoms with Gasteiger partial charge in [-0.05, 0) is 37.1 Å². The van der Waals surface area contributed by atoms with Crippen molar-refractivity contribution >= 4 is 5.97 Å². The third kappa shape index (κ3) is 5.92. The number of hydrogen-bond acceptors (Lipinski definition) is 7. The summed E-state index contributed by atoms with van der Waals surface area (Å²) in [5, 5.41) is 11.6. The summed E-state index contributed by atoms with van der Waals surface area (Å²) in [6.07, 6.45) is -5.10. The van der Waals surface area contributed by atoms with E-state index in [-0.39, 0.29) is 13.2 Å². The molecule has 0 bridgehead atoms. The third-order valence-corrected chi connectivity index (χ3v) is 6.63. The van der Waals surface area contributed by atoms with Gasteiger partial charge in [0.15, 0.2) is 11.9 Å². The highest BCUT2D eigenvalue weighted by Gasteiger charge is 2.60. The minimum atomic E-state index is -1.21. The molecule has 7 nitrogen and oxygen atoms in total. The number of fused-ring (bicyclic) bond motifs is 1. The lowest BCUT2D eigenvalue weighted by molar-refractivity contribution is -0.223. The maximum absolute atomic E-state index is 13.1. The Hall–Kier alpha value is -3.07. The van der Waals surface area contributed by atoms with Gasteiger partial charge in [-0.1, -0.05) is 78.9 Å². The van der Waals surface area contributed by atoms with E-state index in [9.17, 15) is 9.90 Å². The highest BCUT2D eigenvalue weighted by molar-refractivity contribution is 5.89. The number of rotatable bonds is 8. The third-order valence-electron chi connectivity index (χ3n) is 6.63. The van der Waals surface area contributed by atoms with E-state index < -0.39 is 48.4 Å². The molecule has 3 aromatic rings. The number of carbonyl (C=O) groups excluding carboxylic acids is 1. The van der Waals surface area contributed by atoms with Crippen molar-refractivity contribution in [3.8, 4) is 0 Å². The predicted octanol–water partition coefficient (Wildman–Crippen LogP) is 4.28. The van der Waals surface area contributed by atoms with Gasteiger partial charge in [-0.25, -0.2) is 4.79 Å². The van der Waals surface area contributed by atoms with Crippen molar-refractivity contribution in [2.45, 2.75) is 69.5 Å². The molecule has 194 valence electrons. The Bertz CT molecular complexity index is 1150. The molecule has 1 aliphatic heterocycles. The van der Waals surface area contributed by atoms with E-state index >= 15 is 0 Å². The quantitative estimate of drug-likeness (QED) is 0.459. The van der Waals surface area contributed by atoms with Crippen molar-refractivity contribution in [2.24, 2.45) is 0 Å². The van der Waals surface area contributed by atoms with E-state index in [2.05, 4.69) is 0 Å². The van der Waals surface area contributed by atoms with Crippen LogP contribution in [0.1, 0.15) is 35.3 Å². The van der Waals surface area contributed by atoms with E-state index in [0.717, 1.165) is 11.1 Å². The first-order chi connectivity index (χ1) is 17.9. The largest absolute Gasteiger partial charge is 0.453 e. The minimum Gasteiger partial charge on any atom is -0.453 e. The summed E-state index contributed by atoms with van der Waals surface area (Å²) in [6.45, 7) is 4.13. The van der Waals surface area contributed by atoms with Crippen LogP contribution in [0, 0.1) is 0 Å². The number of aliphatic hydroxyl groups excluding tert-OH is 1. The second kappa shape index (κ2) is 11.1. The van der Waals surface area contributed by atoms with Gasteiger partial charge >= 0.3 is 5.97 Å². The van der Waals surface area contributed by atoms with Crippen molar-refractivity contribution in [3.63, 3.8) is 0 Å². The van der Waals surface area contributed by atoms with Crippen molar-refractivity contribution in [3.05, 3.63) is 108 Å². The molecule has 1 aliphatic carbocycles. The van der Waals surface area contributed by atoms with Crippen molar-refractivity contribution in [1.82, 2.24) is 0 Å². The van der Waals surface area contributed by atoms with E-state index in [0.29, 0.717) is 5.56 Å². The summed E-state index contributed by atoms with van der Waals surface area (Å²) in [5.41, 5.74) is 2.27. The second-order valence-electron chi connectivity index (χ2n) is 9.81. The molecule has 1 saturated heterocycles. The molecule has 0 radical (unpaired) electrons. The number of carbonyl (C=O) groups is 1. The van der Waals surface area contributed by atoms with Crippen molar-refractivity contribution < 1.29 is 33.6 Å². The zero-order chi connectivity index (χ0) is 25.8. The number of esters is 1. The first kappa shape index (κ1) is 25.6. The van der Waals surface area contributed by atoms with Crippen LogP contribution in [0.4, 0.5) is 0 Å². The lowest BCUT2D eigenvalue weighted by Gasteiger charge is -2.44. The predicted molar refractivity (Wildman–Crippen MR) is 136 cm³/mol. The average Bonchev–Trinajstić information content (AvgIpc) is 3.24. The summed E-state index contributed by atoms with van der Waals surface area (Å²) in [7, 11) is 0. The number of benzene rings is 3. The van der Waals surface area contributed by atoms with Crippen LogP contribution in [-0.2, 0) is 36.9 Å². The maximum atomic E-state index is 13.1. The SMILES string of the molecule is CC1(C)O[C@@H]2[C@@H](OCc3ccccc3)[C@H](OC(=O)c3ccccc3)[C@@H](O)[C@H](OCc3ccccc3)[C@H]2O1. The van der Waals surface area contributed by atoms with E-state index in [1.165, 1.54) is 0 Å². The summed E-state index contributed by atoms with van der Waals surface area (Å²) in [4.78, 5) is 13.1. The molecule has 0 spiro atoms. The Kier molecular flexibility index (Phi) is 7.69. The second-order valence-corrected chi connectivity index (χ2v) is 9.81. The van der Waals surface area contributed by atoms with Gasteiger partial charge in [0.05, 0.1) is 18.8 Å². The fourth-order valence-electron chi connectivity index (χ4n) is 4.91. The lowest BCUT2D eigenvalue weighted by atomic mass is 9.84. The molecule has 3 aromatic carbocycles. The summed E-state index contributed by atoms with van der Waals surface area (Å²) < 4.78 is 30.9. The normalized spacial score (nSPS) is 28.4. The van der Waals surface area contributed by atoms with Gasteiger partial charge in [0.25, 0.3) is 0 Å². The zero-order valence-corrected chi connectivity index (χ0v) is 20.9. The molecule has 6 atom stereocenters. The van der Waals surface area contributed by atoms with Crippen LogP contribution in [-0.4, -0.2) is 53.5 Å². The molecule has 5 rings (SSSR count). The molecule has 1 N–H and O–H groups in total. The van der Waals surface area contributed by atoms with Crippen LogP contribution in [0.25, 0.3) is 0 Å². The Balaban J connectivity index is 1.43. The highest BCUT2D eigenvalue weighted by Crippen LogP contribution is 2.41. The first-order valence-corrected chi connectivity index (χ1v) is 12.5. The Labute approximate surface area is 216 Å². The van der Waals surface area contributed by atoms with Gasteiger partial charge in [-0.15, -0.1) is 0 Å². The average molecular weight is 505 g/mol. The molecule has 1 heterocycles.